The van der Waals surface area contributed by atoms with Gasteiger partial charge in [-0.15, -0.1) is 0 Å². The van der Waals surface area contributed by atoms with Crippen LogP contribution in [0, 0.1) is 5.82 Å². The molecule has 1 heterocycles. The summed E-state index contributed by atoms with van der Waals surface area (Å²) >= 11 is 0. The van der Waals surface area contributed by atoms with Crippen molar-refractivity contribution >= 4 is 17.4 Å². The smallest absolute Gasteiger partial charge is 0.222 e. The van der Waals surface area contributed by atoms with E-state index in [0.29, 0.717) is 5.82 Å². The second kappa shape index (κ2) is 8.25. The Balaban J connectivity index is 1.73. The SMILES string of the molecule is CC(=O)Nc1cc(-c2ccccc2NCCc2ccc(F)cc2)ccn1. The molecule has 0 bridgehead atoms. The van der Waals surface area contributed by atoms with Crippen molar-refractivity contribution in [2.75, 3.05) is 17.2 Å². The Hall–Kier alpha value is -3.21. The van der Waals surface area contributed by atoms with Crippen LogP contribution in [-0.4, -0.2) is 17.4 Å². The third-order valence-electron chi connectivity index (χ3n) is 3.94. The van der Waals surface area contributed by atoms with E-state index in [-0.39, 0.29) is 11.7 Å². The topological polar surface area (TPSA) is 54.0 Å². The molecule has 0 spiro atoms. The summed E-state index contributed by atoms with van der Waals surface area (Å²) in [6.45, 7) is 2.19. The van der Waals surface area contributed by atoms with E-state index in [1.807, 2.05) is 36.4 Å². The molecular weight excluding hydrogens is 329 g/mol. The molecule has 2 aromatic carbocycles. The lowest BCUT2D eigenvalue weighted by Gasteiger charge is -2.13. The van der Waals surface area contributed by atoms with E-state index in [2.05, 4.69) is 15.6 Å². The minimum atomic E-state index is -0.222. The first kappa shape index (κ1) is 17.6. The van der Waals surface area contributed by atoms with Crippen molar-refractivity contribution < 1.29 is 9.18 Å². The van der Waals surface area contributed by atoms with Crippen molar-refractivity contribution in [2.45, 2.75) is 13.3 Å². The first-order chi connectivity index (χ1) is 12.6. The molecule has 1 aromatic heterocycles. The molecule has 0 aliphatic rings. The van der Waals surface area contributed by atoms with Gasteiger partial charge in [-0.05, 0) is 47.9 Å². The number of nitrogens with zero attached hydrogens (tertiary/aromatic N) is 1. The van der Waals surface area contributed by atoms with Gasteiger partial charge >= 0.3 is 0 Å². The molecule has 2 N–H and O–H groups in total. The molecule has 0 radical (unpaired) electrons. The van der Waals surface area contributed by atoms with Crippen molar-refractivity contribution in [2.24, 2.45) is 0 Å². The highest BCUT2D eigenvalue weighted by Gasteiger charge is 2.06. The molecule has 26 heavy (non-hydrogen) atoms. The predicted octanol–water partition coefficient (Wildman–Crippen LogP) is 4.50. The summed E-state index contributed by atoms with van der Waals surface area (Å²) < 4.78 is 13.0. The van der Waals surface area contributed by atoms with Crippen LogP contribution in [0.3, 0.4) is 0 Å². The Morgan fingerprint density at radius 3 is 2.62 bits per heavy atom. The third kappa shape index (κ3) is 4.66. The number of carbonyl (C=O) groups excluding carboxylic acids is 1. The number of hydrogen-bond acceptors (Lipinski definition) is 3. The Morgan fingerprint density at radius 2 is 1.85 bits per heavy atom. The summed E-state index contributed by atoms with van der Waals surface area (Å²) in [6.07, 6.45) is 2.47. The summed E-state index contributed by atoms with van der Waals surface area (Å²) in [6, 6.07) is 18.3. The molecule has 3 aromatic rings. The highest BCUT2D eigenvalue weighted by molar-refractivity contribution is 5.89. The zero-order chi connectivity index (χ0) is 18.4. The van der Waals surface area contributed by atoms with Gasteiger partial charge in [-0.25, -0.2) is 9.37 Å². The molecule has 3 rings (SSSR count). The molecule has 132 valence electrons. The van der Waals surface area contributed by atoms with Gasteiger partial charge in [-0.2, -0.15) is 0 Å². The summed E-state index contributed by atoms with van der Waals surface area (Å²) in [4.78, 5) is 15.4. The van der Waals surface area contributed by atoms with Gasteiger partial charge in [0.25, 0.3) is 0 Å². The van der Waals surface area contributed by atoms with Crippen LogP contribution >= 0.6 is 0 Å². The number of aromatic nitrogens is 1. The van der Waals surface area contributed by atoms with Crippen molar-refractivity contribution in [3.63, 3.8) is 0 Å². The minimum absolute atomic E-state index is 0.152. The van der Waals surface area contributed by atoms with Crippen LogP contribution in [0.25, 0.3) is 11.1 Å². The first-order valence-electron chi connectivity index (χ1n) is 8.43. The highest BCUT2D eigenvalue weighted by atomic mass is 19.1. The number of anilines is 2. The maximum atomic E-state index is 13.0. The predicted molar refractivity (Wildman–Crippen MR) is 103 cm³/mol. The van der Waals surface area contributed by atoms with Crippen molar-refractivity contribution in [3.8, 4) is 11.1 Å². The summed E-state index contributed by atoms with van der Waals surface area (Å²) in [5, 5.41) is 6.14. The molecule has 0 aliphatic carbocycles. The zero-order valence-electron chi connectivity index (χ0n) is 14.5. The van der Waals surface area contributed by atoms with Crippen LogP contribution < -0.4 is 10.6 Å². The van der Waals surface area contributed by atoms with Gasteiger partial charge in [0, 0.05) is 30.9 Å². The molecule has 0 unspecified atom stereocenters. The van der Waals surface area contributed by atoms with Crippen molar-refractivity contribution in [1.82, 2.24) is 4.98 Å². The average Bonchev–Trinajstić information content (AvgIpc) is 2.63. The lowest BCUT2D eigenvalue weighted by Crippen LogP contribution is -2.08. The van der Waals surface area contributed by atoms with E-state index in [0.717, 1.165) is 35.3 Å². The van der Waals surface area contributed by atoms with Crippen LogP contribution in [0.5, 0.6) is 0 Å². The van der Waals surface area contributed by atoms with E-state index in [4.69, 9.17) is 0 Å². The molecule has 0 aliphatic heterocycles. The lowest BCUT2D eigenvalue weighted by molar-refractivity contribution is -0.114. The lowest BCUT2D eigenvalue weighted by atomic mass is 10.0. The standard InChI is InChI=1S/C21H20FN3O/c1-15(26)25-21-14-17(11-13-24-21)19-4-2-3-5-20(19)23-12-10-16-6-8-18(22)9-7-16/h2-9,11,13-14,23H,10,12H2,1H3,(H,24,25,26). The number of carbonyl (C=O) groups is 1. The van der Waals surface area contributed by atoms with Crippen molar-refractivity contribution in [3.05, 3.63) is 78.2 Å². The highest BCUT2D eigenvalue weighted by Crippen LogP contribution is 2.28. The molecule has 0 saturated carbocycles. The average molecular weight is 349 g/mol. The fourth-order valence-corrected chi connectivity index (χ4v) is 2.73. The molecule has 0 fully saturated rings. The number of pyridine rings is 1. The van der Waals surface area contributed by atoms with Gasteiger partial charge in [0.2, 0.25) is 5.91 Å². The number of hydrogen-bond donors (Lipinski definition) is 2. The zero-order valence-corrected chi connectivity index (χ0v) is 14.5. The fraction of sp³-hybridized carbons (Fsp3) is 0.143. The Labute approximate surface area is 152 Å². The number of para-hydroxylation sites is 1. The van der Waals surface area contributed by atoms with E-state index >= 15 is 0 Å². The van der Waals surface area contributed by atoms with E-state index < -0.39 is 0 Å². The Morgan fingerprint density at radius 1 is 1.08 bits per heavy atom. The summed E-state index contributed by atoms with van der Waals surface area (Å²) in [5.74, 6) is 0.149. The van der Waals surface area contributed by atoms with Crippen molar-refractivity contribution in [1.29, 1.82) is 0 Å². The largest absolute Gasteiger partial charge is 0.384 e. The Bertz CT molecular complexity index is 894. The second-order valence-corrected chi connectivity index (χ2v) is 5.96. The number of halogens is 1. The quantitative estimate of drug-likeness (QED) is 0.689. The van der Waals surface area contributed by atoms with Gasteiger partial charge in [0.15, 0.2) is 0 Å². The van der Waals surface area contributed by atoms with Crippen LogP contribution in [0.4, 0.5) is 15.9 Å². The summed E-state index contributed by atoms with van der Waals surface area (Å²) in [7, 11) is 0. The maximum Gasteiger partial charge on any atom is 0.222 e. The third-order valence-corrected chi connectivity index (χ3v) is 3.94. The molecular formula is C21H20FN3O. The molecule has 5 heteroatoms. The molecule has 4 nitrogen and oxygen atoms in total. The van der Waals surface area contributed by atoms with Crippen LogP contribution in [0.1, 0.15) is 12.5 Å². The fourth-order valence-electron chi connectivity index (χ4n) is 2.73. The van der Waals surface area contributed by atoms with Gasteiger partial charge in [0.1, 0.15) is 11.6 Å². The monoisotopic (exact) mass is 349 g/mol. The van der Waals surface area contributed by atoms with Crippen LogP contribution in [-0.2, 0) is 11.2 Å². The number of nitrogens with one attached hydrogen (secondary N) is 2. The van der Waals surface area contributed by atoms with E-state index in [1.165, 1.54) is 19.1 Å². The second-order valence-electron chi connectivity index (χ2n) is 5.96. The van der Waals surface area contributed by atoms with Gasteiger partial charge in [-0.1, -0.05) is 30.3 Å². The van der Waals surface area contributed by atoms with Gasteiger partial charge < -0.3 is 10.6 Å². The molecule has 1 amide bonds. The van der Waals surface area contributed by atoms with E-state index in [1.54, 1.807) is 18.3 Å². The molecule has 0 atom stereocenters. The number of benzene rings is 2. The van der Waals surface area contributed by atoms with Crippen LogP contribution in [0.15, 0.2) is 66.9 Å². The van der Waals surface area contributed by atoms with Crippen LogP contribution in [0.2, 0.25) is 0 Å². The van der Waals surface area contributed by atoms with Gasteiger partial charge in [-0.3, -0.25) is 4.79 Å². The normalized spacial score (nSPS) is 10.4. The van der Waals surface area contributed by atoms with Gasteiger partial charge in [0.05, 0.1) is 0 Å². The summed E-state index contributed by atoms with van der Waals surface area (Å²) in [5.41, 5.74) is 4.07. The Kier molecular flexibility index (Phi) is 5.59. The number of rotatable bonds is 6. The maximum absolute atomic E-state index is 13.0. The first-order valence-corrected chi connectivity index (χ1v) is 8.43. The molecule has 0 saturated heterocycles. The number of amides is 1. The minimum Gasteiger partial charge on any atom is -0.384 e. The van der Waals surface area contributed by atoms with E-state index in [9.17, 15) is 9.18 Å².